The second kappa shape index (κ2) is 4.52. The minimum atomic E-state index is -3.90. The zero-order valence-electron chi connectivity index (χ0n) is 11.0. The molecule has 1 aliphatic carbocycles. The van der Waals surface area contributed by atoms with E-state index in [4.69, 9.17) is 15.1 Å². The molecule has 0 atom stereocenters. The van der Waals surface area contributed by atoms with E-state index in [1.165, 1.54) is 6.92 Å². The summed E-state index contributed by atoms with van der Waals surface area (Å²) in [5.74, 6) is 0.116. The zero-order valence-corrected chi connectivity index (χ0v) is 12.6. The molecule has 1 fully saturated rings. The molecule has 0 aromatic carbocycles. The molecule has 0 unspecified atom stereocenters. The van der Waals surface area contributed by atoms with E-state index in [9.17, 15) is 13.2 Å². The van der Waals surface area contributed by atoms with Crippen LogP contribution in [0.25, 0.3) is 0 Å². The molecule has 19 heavy (non-hydrogen) atoms. The normalized spacial score (nSPS) is 16.4. The molecule has 1 aromatic heterocycles. The Morgan fingerprint density at radius 2 is 2.05 bits per heavy atom. The van der Waals surface area contributed by atoms with Gasteiger partial charge < -0.3 is 9.73 Å². The number of hydrogen-bond donors (Lipinski definition) is 1. The van der Waals surface area contributed by atoms with Crippen LogP contribution < -0.4 is 5.32 Å². The molecule has 1 aliphatic rings. The summed E-state index contributed by atoms with van der Waals surface area (Å²) in [5.41, 5.74) is -0.322. The summed E-state index contributed by atoms with van der Waals surface area (Å²) in [5, 5.41) is 2.86. The highest BCUT2D eigenvalue weighted by atomic mass is 35.7. The molecule has 1 heterocycles. The van der Waals surface area contributed by atoms with Crippen LogP contribution in [0, 0.1) is 12.8 Å². The molecule has 0 radical (unpaired) electrons. The predicted molar refractivity (Wildman–Crippen MR) is 70.8 cm³/mol. The maximum absolute atomic E-state index is 12.0. The molecule has 7 heteroatoms. The van der Waals surface area contributed by atoms with Crippen molar-refractivity contribution in [2.45, 2.75) is 44.0 Å². The topological polar surface area (TPSA) is 76.4 Å². The number of halogens is 1. The smallest absolute Gasteiger partial charge is 0.287 e. The number of amides is 1. The highest BCUT2D eigenvalue weighted by molar-refractivity contribution is 8.13. The number of hydrogen-bond acceptors (Lipinski definition) is 4. The number of aryl methyl sites for hydroxylation is 1. The van der Waals surface area contributed by atoms with Gasteiger partial charge in [0.25, 0.3) is 15.0 Å². The van der Waals surface area contributed by atoms with Crippen LogP contribution in [0.3, 0.4) is 0 Å². The Labute approximate surface area is 116 Å². The monoisotopic (exact) mass is 305 g/mol. The van der Waals surface area contributed by atoms with E-state index < -0.39 is 15.0 Å². The lowest BCUT2D eigenvalue weighted by atomic mass is 9.99. The second-order valence-electron chi connectivity index (χ2n) is 5.42. The summed E-state index contributed by atoms with van der Waals surface area (Å²) in [7, 11) is 1.36. The third kappa shape index (κ3) is 3.12. The van der Waals surface area contributed by atoms with Crippen molar-refractivity contribution in [2.24, 2.45) is 5.92 Å². The van der Waals surface area contributed by atoms with E-state index in [1.54, 1.807) is 0 Å². The van der Waals surface area contributed by atoms with Crippen molar-refractivity contribution in [1.29, 1.82) is 0 Å². The Balaban J connectivity index is 2.21. The summed E-state index contributed by atoms with van der Waals surface area (Å²) in [6, 6.07) is 1.16. The zero-order chi connectivity index (χ0) is 14.4. The Bertz CT molecular complexity index is 614. The molecule has 2 rings (SSSR count). The lowest BCUT2D eigenvalue weighted by Crippen LogP contribution is -2.45. The minimum Gasteiger partial charge on any atom is -0.455 e. The largest absolute Gasteiger partial charge is 0.455 e. The van der Waals surface area contributed by atoms with E-state index in [2.05, 4.69) is 5.32 Å². The van der Waals surface area contributed by atoms with Gasteiger partial charge in [-0.3, -0.25) is 4.79 Å². The number of carbonyl (C=O) groups is 1. The Hall–Kier alpha value is -1.01. The molecule has 0 bridgehead atoms. The fourth-order valence-electron chi connectivity index (χ4n) is 2.08. The molecule has 0 saturated heterocycles. The summed E-state index contributed by atoms with van der Waals surface area (Å²) in [4.78, 5) is 11.9. The third-order valence-electron chi connectivity index (χ3n) is 3.39. The van der Waals surface area contributed by atoms with E-state index in [1.807, 2.05) is 13.8 Å². The van der Waals surface area contributed by atoms with Gasteiger partial charge in [-0.1, -0.05) is 0 Å². The van der Waals surface area contributed by atoms with Crippen molar-refractivity contribution >= 4 is 25.6 Å². The SMILES string of the molecule is Cc1oc(C(=O)NC(C)(C)C2CC2)cc1S(=O)(=O)Cl. The van der Waals surface area contributed by atoms with Crippen molar-refractivity contribution in [3.63, 3.8) is 0 Å². The Morgan fingerprint density at radius 1 is 1.47 bits per heavy atom. The number of nitrogens with one attached hydrogen (secondary N) is 1. The van der Waals surface area contributed by atoms with Crippen LogP contribution in [0.5, 0.6) is 0 Å². The molecule has 0 spiro atoms. The molecule has 1 amide bonds. The summed E-state index contributed by atoms with van der Waals surface area (Å²) >= 11 is 0. The van der Waals surface area contributed by atoms with E-state index in [-0.39, 0.29) is 22.0 Å². The Kier molecular flexibility index (Phi) is 3.43. The third-order valence-corrected chi connectivity index (χ3v) is 4.82. The lowest BCUT2D eigenvalue weighted by molar-refractivity contribution is 0.0873. The maximum atomic E-state index is 12.0. The highest BCUT2D eigenvalue weighted by Crippen LogP contribution is 2.39. The number of furan rings is 1. The fraction of sp³-hybridized carbons (Fsp3) is 0.583. The summed E-state index contributed by atoms with van der Waals surface area (Å²) in [6.07, 6.45) is 2.18. The van der Waals surface area contributed by atoms with Gasteiger partial charge in [-0.25, -0.2) is 8.42 Å². The van der Waals surface area contributed by atoms with Crippen LogP contribution in [-0.2, 0) is 9.05 Å². The molecule has 0 aliphatic heterocycles. The number of carbonyl (C=O) groups excluding carboxylic acids is 1. The van der Waals surface area contributed by atoms with Crippen LogP contribution in [0.2, 0.25) is 0 Å². The first-order chi connectivity index (χ1) is 8.61. The second-order valence-corrected chi connectivity index (χ2v) is 7.95. The highest BCUT2D eigenvalue weighted by Gasteiger charge is 2.39. The minimum absolute atomic E-state index is 0.0366. The molecule has 1 N–H and O–H groups in total. The molecule has 1 saturated carbocycles. The van der Waals surface area contributed by atoms with Gasteiger partial charge in [-0.2, -0.15) is 0 Å². The van der Waals surface area contributed by atoms with Crippen LogP contribution in [0.1, 0.15) is 43.0 Å². The van der Waals surface area contributed by atoms with E-state index in [0.29, 0.717) is 5.92 Å². The summed E-state index contributed by atoms with van der Waals surface area (Å²) in [6.45, 7) is 5.34. The van der Waals surface area contributed by atoms with Gasteiger partial charge in [0.2, 0.25) is 0 Å². The lowest BCUT2D eigenvalue weighted by Gasteiger charge is -2.25. The Morgan fingerprint density at radius 3 is 2.47 bits per heavy atom. The quantitative estimate of drug-likeness (QED) is 0.867. The average molecular weight is 306 g/mol. The van der Waals surface area contributed by atoms with Crippen LogP contribution >= 0.6 is 10.7 Å². The maximum Gasteiger partial charge on any atom is 0.287 e. The molecule has 5 nitrogen and oxygen atoms in total. The van der Waals surface area contributed by atoms with Gasteiger partial charge >= 0.3 is 0 Å². The predicted octanol–water partition coefficient (Wildman–Crippen LogP) is 2.43. The van der Waals surface area contributed by atoms with E-state index >= 15 is 0 Å². The van der Waals surface area contributed by atoms with Crippen molar-refractivity contribution < 1.29 is 17.6 Å². The van der Waals surface area contributed by atoms with Crippen LogP contribution in [0.15, 0.2) is 15.4 Å². The molecule has 1 aromatic rings. The van der Waals surface area contributed by atoms with Crippen molar-refractivity contribution in [1.82, 2.24) is 5.32 Å². The van der Waals surface area contributed by atoms with Gasteiger partial charge in [-0.05, 0) is 39.5 Å². The van der Waals surface area contributed by atoms with Crippen molar-refractivity contribution in [3.05, 3.63) is 17.6 Å². The van der Waals surface area contributed by atoms with Crippen molar-refractivity contribution in [3.8, 4) is 0 Å². The first-order valence-corrected chi connectivity index (χ1v) is 8.30. The van der Waals surface area contributed by atoms with Gasteiger partial charge in [0.15, 0.2) is 5.76 Å². The van der Waals surface area contributed by atoms with Crippen molar-refractivity contribution in [2.75, 3.05) is 0 Å². The standard InChI is InChI=1S/C12H16ClNO4S/c1-7-10(19(13,16)17)6-9(18-7)11(15)14-12(2,3)8-4-5-8/h6,8H,4-5H2,1-3H3,(H,14,15). The number of rotatable bonds is 4. The molecular formula is C12H16ClNO4S. The van der Waals surface area contributed by atoms with Crippen LogP contribution in [-0.4, -0.2) is 19.9 Å². The molecular weight excluding hydrogens is 290 g/mol. The van der Waals surface area contributed by atoms with E-state index in [0.717, 1.165) is 18.9 Å². The fourth-order valence-corrected chi connectivity index (χ4v) is 3.17. The van der Waals surface area contributed by atoms with Gasteiger partial charge in [0.1, 0.15) is 10.7 Å². The van der Waals surface area contributed by atoms with Gasteiger partial charge in [-0.15, -0.1) is 0 Å². The molecule has 106 valence electrons. The first kappa shape index (κ1) is 14.4. The average Bonchev–Trinajstić information content (AvgIpc) is 3.00. The first-order valence-electron chi connectivity index (χ1n) is 5.99. The van der Waals surface area contributed by atoms with Crippen LogP contribution in [0.4, 0.5) is 0 Å². The summed E-state index contributed by atoms with van der Waals surface area (Å²) < 4.78 is 27.7. The van der Waals surface area contributed by atoms with Gasteiger partial charge in [0, 0.05) is 22.3 Å². The van der Waals surface area contributed by atoms with Gasteiger partial charge in [0.05, 0.1) is 0 Å².